The summed E-state index contributed by atoms with van der Waals surface area (Å²) in [5, 5.41) is 5.19. The summed E-state index contributed by atoms with van der Waals surface area (Å²) in [6.07, 6.45) is 3.98. The van der Waals surface area contributed by atoms with E-state index in [9.17, 15) is 19.2 Å². The molecular weight excluding hydrogens is 667 g/mol. The van der Waals surface area contributed by atoms with E-state index in [2.05, 4.69) is 42.5 Å². The van der Waals surface area contributed by atoms with Gasteiger partial charge in [-0.2, -0.15) is 0 Å². The molecule has 2 amide bonds. The predicted octanol–water partition coefficient (Wildman–Crippen LogP) is 4.69. The second kappa shape index (κ2) is 12.7. The quantitative estimate of drug-likeness (QED) is 0.308. The Kier molecular flexibility index (Phi) is 10.3. The van der Waals surface area contributed by atoms with E-state index in [0.717, 1.165) is 33.2 Å². The number of nitrogens with one attached hydrogen (secondary N) is 2. The zero-order valence-electron chi connectivity index (χ0n) is 17.6. The summed E-state index contributed by atoms with van der Waals surface area (Å²) >= 11 is 2.57. The molecule has 0 fully saturated rings. The van der Waals surface area contributed by atoms with Gasteiger partial charge >= 0.3 is 214 Å². The van der Waals surface area contributed by atoms with Crippen LogP contribution >= 0.6 is 31.9 Å². The summed E-state index contributed by atoms with van der Waals surface area (Å²) in [4.78, 5) is 50.9. The molecule has 2 N–H and O–H groups in total. The van der Waals surface area contributed by atoms with Gasteiger partial charge in [0.2, 0.25) is 0 Å². The Hall–Kier alpha value is -2.44. The van der Waals surface area contributed by atoms with Crippen LogP contribution in [0, 0.1) is 0 Å². The van der Waals surface area contributed by atoms with Crippen molar-refractivity contribution in [3.63, 3.8) is 0 Å². The zero-order valence-corrected chi connectivity index (χ0v) is 23.7. The van der Waals surface area contributed by atoms with E-state index in [1.807, 2.05) is 0 Å². The second-order valence-electron chi connectivity index (χ2n) is 6.90. The summed E-state index contributed by atoms with van der Waals surface area (Å²) < 4.78 is 12.2. The van der Waals surface area contributed by atoms with Gasteiger partial charge in [0, 0.05) is 0 Å². The number of carbonyl (C=O) groups excluding carboxylic acids is 4. The SMILES string of the molecule is [CH3][Sn]([CH3])([O]C(=O)/C=C/C(=O)Nc1ccc(Br)cc1)[O]C(=O)/C=C/C(=O)Nc1ccc(Br)cc1. The van der Waals surface area contributed by atoms with Gasteiger partial charge in [0.05, 0.1) is 0 Å². The van der Waals surface area contributed by atoms with Gasteiger partial charge in [0.1, 0.15) is 0 Å². The van der Waals surface area contributed by atoms with Crippen molar-refractivity contribution in [2.45, 2.75) is 9.88 Å². The van der Waals surface area contributed by atoms with E-state index in [-0.39, 0.29) is 0 Å². The van der Waals surface area contributed by atoms with Crippen molar-refractivity contribution in [3.05, 3.63) is 81.8 Å². The molecule has 0 saturated heterocycles. The van der Waals surface area contributed by atoms with Crippen molar-refractivity contribution in [3.8, 4) is 0 Å². The van der Waals surface area contributed by atoms with Gasteiger partial charge < -0.3 is 0 Å². The average Bonchev–Trinajstić information content (AvgIpc) is 2.73. The first-order valence-corrected chi connectivity index (χ1v) is 19.1. The molecule has 0 spiro atoms. The fraction of sp³-hybridized carbons (Fsp3) is 0.0909. The van der Waals surface area contributed by atoms with Gasteiger partial charge in [-0.1, -0.05) is 0 Å². The summed E-state index contributed by atoms with van der Waals surface area (Å²) in [5.41, 5.74) is 1.12. The van der Waals surface area contributed by atoms with Gasteiger partial charge in [-0.15, -0.1) is 0 Å². The first-order valence-electron chi connectivity index (χ1n) is 9.48. The molecule has 0 heterocycles. The van der Waals surface area contributed by atoms with Crippen LogP contribution in [0.5, 0.6) is 0 Å². The molecule has 11 heteroatoms. The third-order valence-electron chi connectivity index (χ3n) is 3.66. The molecule has 0 unspecified atom stereocenters. The topological polar surface area (TPSA) is 111 Å². The van der Waals surface area contributed by atoms with Crippen LogP contribution in [0.4, 0.5) is 11.4 Å². The van der Waals surface area contributed by atoms with Crippen molar-refractivity contribution < 1.29 is 25.3 Å². The zero-order chi connectivity index (χ0) is 24.4. The Morgan fingerprint density at radius 2 is 1.00 bits per heavy atom. The van der Waals surface area contributed by atoms with Crippen LogP contribution in [0.15, 0.2) is 81.8 Å². The third kappa shape index (κ3) is 10.8. The number of carbonyl (C=O) groups is 4. The van der Waals surface area contributed by atoms with Gasteiger partial charge in [0.15, 0.2) is 0 Å². The fourth-order valence-electron chi connectivity index (χ4n) is 2.30. The minimum atomic E-state index is -4.02. The van der Waals surface area contributed by atoms with Crippen LogP contribution < -0.4 is 10.6 Å². The van der Waals surface area contributed by atoms with Crippen LogP contribution in [-0.2, 0) is 25.3 Å². The summed E-state index contributed by atoms with van der Waals surface area (Å²) in [5.74, 6) is -2.63. The Morgan fingerprint density at radius 1 is 0.667 bits per heavy atom. The summed E-state index contributed by atoms with van der Waals surface area (Å²) in [6.45, 7) is 0. The van der Waals surface area contributed by atoms with Gasteiger partial charge in [-0.3, -0.25) is 0 Å². The van der Waals surface area contributed by atoms with Gasteiger partial charge in [-0.25, -0.2) is 0 Å². The molecule has 0 aliphatic carbocycles. The van der Waals surface area contributed by atoms with E-state index in [1.165, 1.54) is 0 Å². The van der Waals surface area contributed by atoms with Crippen LogP contribution in [0.2, 0.25) is 9.88 Å². The Balaban J connectivity index is 1.80. The predicted molar refractivity (Wildman–Crippen MR) is 133 cm³/mol. The van der Waals surface area contributed by atoms with Crippen LogP contribution in [0.3, 0.4) is 0 Å². The van der Waals surface area contributed by atoms with Crippen molar-refractivity contribution >= 4 is 86.2 Å². The van der Waals surface area contributed by atoms with Crippen molar-refractivity contribution in [1.82, 2.24) is 0 Å². The number of benzene rings is 2. The van der Waals surface area contributed by atoms with E-state index < -0.39 is 43.0 Å². The maximum absolute atomic E-state index is 12.0. The number of halogens is 2. The fourth-order valence-corrected chi connectivity index (χ4v) is 6.10. The van der Waals surface area contributed by atoms with Crippen molar-refractivity contribution in [2.75, 3.05) is 10.6 Å². The monoisotopic (exact) mass is 686 g/mol. The van der Waals surface area contributed by atoms with Crippen LogP contribution in [0.25, 0.3) is 0 Å². The standard InChI is InChI=1S/2C10H8BrNO3.2CH3.Sn/c2*11-7-1-3-8(4-2-7)12-9(13)5-6-10(14)15;;;/h2*1-6H,(H,12,13)(H,14,15);2*1H3;/q;;;;+2/p-2/b2*6-5+;;;. The summed E-state index contributed by atoms with van der Waals surface area (Å²) in [6, 6.07) is 13.8. The molecule has 0 saturated carbocycles. The molecule has 33 heavy (non-hydrogen) atoms. The molecule has 0 aliphatic rings. The number of anilines is 2. The Morgan fingerprint density at radius 3 is 1.33 bits per heavy atom. The van der Waals surface area contributed by atoms with Crippen molar-refractivity contribution in [1.29, 1.82) is 0 Å². The van der Waals surface area contributed by atoms with E-state index in [0.29, 0.717) is 11.4 Å². The third-order valence-corrected chi connectivity index (χ3v) is 8.67. The molecule has 8 nitrogen and oxygen atoms in total. The molecule has 0 aromatic heterocycles. The van der Waals surface area contributed by atoms with E-state index in [4.69, 9.17) is 6.15 Å². The molecule has 2 rings (SSSR count). The number of hydrogen-bond donors (Lipinski definition) is 2. The van der Waals surface area contributed by atoms with E-state index >= 15 is 0 Å². The number of rotatable bonds is 8. The molecule has 2 aromatic carbocycles. The average molecular weight is 687 g/mol. The molecule has 0 atom stereocenters. The van der Waals surface area contributed by atoms with Crippen molar-refractivity contribution in [2.24, 2.45) is 0 Å². The Labute approximate surface area is 212 Å². The normalized spacial score (nSPS) is 11.3. The molecule has 0 bridgehead atoms. The molecule has 0 radical (unpaired) electrons. The van der Waals surface area contributed by atoms with Crippen LogP contribution in [0.1, 0.15) is 0 Å². The molecule has 172 valence electrons. The first kappa shape index (κ1) is 26.8. The molecule has 0 aliphatic heterocycles. The number of amides is 2. The van der Waals surface area contributed by atoms with Crippen LogP contribution in [-0.4, -0.2) is 43.0 Å². The van der Waals surface area contributed by atoms with E-state index in [1.54, 1.807) is 58.4 Å². The Bertz CT molecular complexity index is 998. The van der Waals surface area contributed by atoms with Gasteiger partial charge in [-0.05, 0) is 0 Å². The number of hydrogen-bond acceptors (Lipinski definition) is 6. The molecular formula is C22H20Br2N2O6Sn. The first-order chi connectivity index (χ1) is 15.5. The summed E-state index contributed by atoms with van der Waals surface area (Å²) in [7, 11) is 0. The molecule has 2 aromatic rings. The maximum atomic E-state index is 12.0. The van der Waals surface area contributed by atoms with Gasteiger partial charge in [0.25, 0.3) is 0 Å². The minimum absolute atomic E-state index is 0.515. The second-order valence-corrected chi connectivity index (χ2v) is 17.9.